The van der Waals surface area contributed by atoms with Gasteiger partial charge in [0.1, 0.15) is 31.0 Å². The summed E-state index contributed by atoms with van der Waals surface area (Å²) in [6.45, 7) is 0.780. The number of ether oxygens (including phenoxy) is 4. The first-order valence-corrected chi connectivity index (χ1v) is 12.8. The van der Waals surface area contributed by atoms with Crippen LogP contribution in [0.15, 0.2) is 47.8 Å². The summed E-state index contributed by atoms with van der Waals surface area (Å²) >= 11 is 1.01. The molecule has 2 aromatic carbocycles. The van der Waals surface area contributed by atoms with Gasteiger partial charge < -0.3 is 29.6 Å². The van der Waals surface area contributed by atoms with Crippen molar-refractivity contribution in [2.45, 2.75) is 18.5 Å². The van der Waals surface area contributed by atoms with Gasteiger partial charge >= 0.3 is 12.0 Å². The number of aromatic nitrogens is 1. The van der Waals surface area contributed by atoms with Crippen LogP contribution in [-0.2, 0) is 20.7 Å². The summed E-state index contributed by atoms with van der Waals surface area (Å²) in [5, 5.41) is 6.84. The number of anilines is 1. The van der Waals surface area contributed by atoms with Gasteiger partial charge in [-0.3, -0.25) is 9.59 Å². The SMILES string of the molecule is COC(=O)c1csc(NC(=O)[C@H](Cc2ccccc2OC)N2C(=O)NC(c3ccc4c(c3)OCCO4)C2=O)n1. The number of rotatable bonds is 8. The first kappa shape index (κ1) is 26.0. The lowest BCUT2D eigenvalue weighted by Gasteiger charge is -2.25. The lowest BCUT2D eigenvalue weighted by atomic mass is 10.0. The Labute approximate surface area is 226 Å². The van der Waals surface area contributed by atoms with Gasteiger partial charge in [0.2, 0.25) is 5.91 Å². The van der Waals surface area contributed by atoms with E-state index in [-0.39, 0.29) is 17.2 Å². The van der Waals surface area contributed by atoms with E-state index in [1.165, 1.54) is 19.6 Å². The molecule has 0 aliphatic carbocycles. The van der Waals surface area contributed by atoms with E-state index in [9.17, 15) is 19.2 Å². The highest BCUT2D eigenvalue weighted by Gasteiger charge is 2.46. The molecule has 1 aromatic heterocycles. The largest absolute Gasteiger partial charge is 0.496 e. The molecule has 2 atom stereocenters. The molecule has 39 heavy (non-hydrogen) atoms. The summed E-state index contributed by atoms with van der Waals surface area (Å²) in [6.07, 6.45) is -0.0297. The Hall–Kier alpha value is -4.65. The zero-order valence-corrected chi connectivity index (χ0v) is 21.8. The van der Waals surface area contributed by atoms with Crippen molar-refractivity contribution in [3.63, 3.8) is 0 Å². The number of thiazole rings is 1. The smallest absolute Gasteiger partial charge is 0.357 e. The number of esters is 1. The van der Waals surface area contributed by atoms with Gasteiger partial charge in [0.25, 0.3) is 5.91 Å². The molecule has 1 fully saturated rings. The zero-order valence-electron chi connectivity index (χ0n) is 21.0. The van der Waals surface area contributed by atoms with E-state index >= 15 is 0 Å². The van der Waals surface area contributed by atoms with Crippen LogP contribution in [0.2, 0.25) is 0 Å². The third kappa shape index (κ3) is 5.21. The lowest BCUT2D eigenvalue weighted by Crippen LogP contribution is -2.49. The van der Waals surface area contributed by atoms with Gasteiger partial charge in [-0.25, -0.2) is 19.5 Å². The minimum Gasteiger partial charge on any atom is -0.496 e. The quantitative estimate of drug-likeness (QED) is 0.318. The van der Waals surface area contributed by atoms with Gasteiger partial charge in [-0.05, 0) is 29.3 Å². The Morgan fingerprint density at radius 1 is 1.15 bits per heavy atom. The number of amides is 4. The molecule has 202 valence electrons. The van der Waals surface area contributed by atoms with Crippen LogP contribution in [0.25, 0.3) is 0 Å². The van der Waals surface area contributed by atoms with Crippen LogP contribution in [0.5, 0.6) is 17.2 Å². The van der Waals surface area contributed by atoms with E-state index < -0.39 is 35.9 Å². The monoisotopic (exact) mass is 552 g/mol. The van der Waals surface area contributed by atoms with Gasteiger partial charge in [0.05, 0.1) is 14.2 Å². The Balaban J connectivity index is 1.45. The summed E-state index contributed by atoms with van der Waals surface area (Å²) in [6, 6.07) is 8.95. The fourth-order valence-corrected chi connectivity index (χ4v) is 5.04. The second-order valence-corrected chi connectivity index (χ2v) is 9.40. The summed E-state index contributed by atoms with van der Waals surface area (Å²) in [5.41, 5.74) is 1.12. The molecule has 0 saturated carbocycles. The molecule has 13 heteroatoms. The van der Waals surface area contributed by atoms with Gasteiger partial charge in [-0.1, -0.05) is 24.3 Å². The number of nitrogens with one attached hydrogen (secondary N) is 2. The van der Waals surface area contributed by atoms with Gasteiger partial charge in [-0.2, -0.15) is 0 Å². The Bertz CT molecular complexity index is 1440. The maximum Gasteiger partial charge on any atom is 0.357 e. The molecular weight excluding hydrogens is 528 g/mol. The summed E-state index contributed by atoms with van der Waals surface area (Å²) in [5.74, 6) is -0.435. The first-order valence-electron chi connectivity index (χ1n) is 11.9. The van der Waals surface area contributed by atoms with E-state index in [0.29, 0.717) is 41.6 Å². The van der Waals surface area contributed by atoms with Gasteiger partial charge in [-0.15, -0.1) is 11.3 Å². The second-order valence-electron chi connectivity index (χ2n) is 8.54. The highest BCUT2D eigenvalue weighted by atomic mass is 32.1. The van der Waals surface area contributed by atoms with Crippen LogP contribution in [0, 0.1) is 0 Å². The number of methoxy groups -OCH3 is 2. The van der Waals surface area contributed by atoms with Crippen molar-refractivity contribution >= 4 is 40.3 Å². The first-order chi connectivity index (χ1) is 18.9. The number of carbonyl (C=O) groups excluding carboxylic acids is 4. The number of urea groups is 1. The number of hydrogen-bond donors (Lipinski definition) is 2. The molecule has 3 aromatic rings. The molecular formula is C26H24N4O8S. The van der Waals surface area contributed by atoms with Crippen LogP contribution in [0.4, 0.5) is 9.93 Å². The Kier molecular flexibility index (Phi) is 7.32. The minimum atomic E-state index is -1.26. The predicted molar refractivity (Wildman–Crippen MR) is 138 cm³/mol. The Morgan fingerprint density at radius 2 is 1.92 bits per heavy atom. The van der Waals surface area contributed by atoms with E-state index in [2.05, 4.69) is 20.4 Å². The summed E-state index contributed by atoms with van der Waals surface area (Å²) in [4.78, 5) is 57.2. The van der Waals surface area contributed by atoms with E-state index in [1.54, 1.807) is 42.5 Å². The molecule has 2 aliphatic rings. The van der Waals surface area contributed by atoms with Gasteiger partial charge in [0, 0.05) is 11.8 Å². The van der Waals surface area contributed by atoms with E-state index in [0.717, 1.165) is 16.2 Å². The van der Waals surface area contributed by atoms with Crippen molar-refractivity contribution in [2.24, 2.45) is 0 Å². The third-order valence-corrected chi connectivity index (χ3v) is 6.98. The molecule has 0 bridgehead atoms. The Morgan fingerprint density at radius 3 is 2.69 bits per heavy atom. The highest BCUT2D eigenvalue weighted by molar-refractivity contribution is 7.14. The number of imide groups is 1. The number of fused-ring (bicyclic) bond motifs is 1. The standard InChI is InChI=1S/C26H24N4O8S/c1-35-18-6-4-3-5-14(18)11-17(22(31)29-25-27-16(13-39-25)24(33)36-2)30-23(32)21(28-26(30)34)15-7-8-19-20(12-15)38-10-9-37-19/h3-8,12-13,17,21H,9-11H2,1-2H3,(H,28,34)(H,27,29,31)/t17-,21?/m0/s1. The number of nitrogens with zero attached hydrogens (tertiary/aromatic N) is 2. The average molecular weight is 553 g/mol. The maximum absolute atomic E-state index is 13.6. The maximum atomic E-state index is 13.6. The molecule has 2 aliphatic heterocycles. The van der Waals surface area contributed by atoms with Crippen molar-refractivity contribution in [3.05, 3.63) is 64.7 Å². The number of para-hydroxylation sites is 1. The topological polar surface area (TPSA) is 145 Å². The van der Waals surface area contributed by atoms with Crippen molar-refractivity contribution in [1.82, 2.24) is 15.2 Å². The number of hydrogen-bond acceptors (Lipinski definition) is 10. The summed E-state index contributed by atoms with van der Waals surface area (Å²) < 4.78 is 21.2. The van der Waals surface area contributed by atoms with Crippen molar-refractivity contribution in [2.75, 3.05) is 32.8 Å². The highest BCUT2D eigenvalue weighted by Crippen LogP contribution is 2.35. The van der Waals surface area contributed by atoms with Crippen LogP contribution in [0.1, 0.15) is 27.7 Å². The van der Waals surface area contributed by atoms with Crippen molar-refractivity contribution in [3.8, 4) is 17.2 Å². The fourth-order valence-electron chi connectivity index (χ4n) is 4.35. The van der Waals surface area contributed by atoms with Crippen LogP contribution in [0.3, 0.4) is 0 Å². The molecule has 12 nitrogen and oxygen atoms in total. The third-order valence-electron chi connectivity index (χ3n) is 6.22. The lowest BCUT2D eigenvalue weighted by molar-refractivity contribution is -0.134. The molecule has 0 radical (unpaired) electrons. The summed E-state index contributed by atoms with van der Waals surface area (Å²) in [7, 11) is 2.71. The number of carbonyl (C=O) groups is 4. The molecule has 3 heterocycles. The van der Waals surface area contributed by atoms with Crippen LogP contribution in [-0.4, -0.2) is 67.2 Å². The van der Waals surface area contributed by atoms with Crippen molar-refractivity contribution in [1.29, 1.82) is 0 Å². The fraction of sp³-hybridized carbons (Fsp3) is 0.269. The molecule has 1 unspecified atom stereocenters. The zero-order chi connectivity index (χ0) is 27.5. The second kappa shape index (κ2) is 11.0. The predicted octanol–water partition coefficient (Wildman–Crippen LogP) is 2.55. The van der Waals surface area contributed by atoms with Gasteiger partial charge in [0.15, 0.2) is 22.3 Å². The van der Waals surface area contributed by atoms with E-state index in [1.807, 2.05) is 0 Å². The molecule has 4 amide bonds. The van der Waals surface area contributed by atoms with Crippen LogP contribution < -0.4 is 24.8 Å². The van der Waals surface area contributed by atoms with Crippen molar-refractivity contribution < 1.29 is 38.1 Å². The molecule has 2 N–H and O–H groups in total. The average Bonchev–Trinajstić information content (AvgIpc) is 3.54. The molecule has 0 spiro atoms. The van der Waals surface area contributed by atoms with Crippen LogP contribution >= 0.6 is 11.3 Å². The number of benzene rings is 2. The normalized spacial score (nSPS) is 16.9. The molecule has 5 rings (SSSR count). The molecule has 1 saturated heterocycles. The van der Waals surface area contributed by atoms with E-state index in [4.69, 9.17) is 14.2 Å². The minimum absolute atomic E-state index is 0.0211.